The van der Waals surface area contributed by atoms with Gasteiger partial charge in [0.2, 0.25) is 5.91 Å². The van der Waals surface area contributed by atoms with Crippen molar-refractivity contribution in [3.63, 3.8) is 0 Å². The third kappa shape index (κ3) is 4.42. The Balaban J connectivity index is 1.39. The van der Waals surface area contributed by atoms with Crippen molar-refractivity contribution in [3.8, 4) is 17.0 Å². The van der Waals surface area contributed by atoms with E-state index in [4.69, 9.17) is 4.74 Å². The number of hydrogen-bond acceptors (Lipinski definition) is 4. The quantitative estimate of drug-likeness (QED) is 0.656. The molecular weight excluding hydrogens is 399 g/mol. The molecule has 1 aromatic heterocycles. The van der Waals surface area contributed by atoms with E-state index in [1.165, 1.54) is 18.3 Å². The van der Waals surface area contributed by atoms with Crippen LogP contribution in [0.5, 0.6) is 5.75 Å². The fourth-order valence-electron chi connectivity index (χ4n) is 3.78. The Morgan fingerprint density at radius 1 is 1.13 bits per heavy atom. The van der Waals surface area contributed by atoms with Crippen molar-refractivity contribution in [3.05, 3.63) is 66.1 Å². The number of piperidine rings is 1. The lowest BCUT2D eigenvalue weighted by Gasteiger charge is -2.31. The van der Waals surface area contributed by atoms with Gasteiger partial charge in [-0.2, -0.15) is 5.10 Å². The van der Waals surface area contributed by atoms with Gasteiger partial charge in [0.1, 0.15) is 11.6 Å². The molecule has 0 aliphatic carbocycles. The fraction of sp³-hybridized carbons (Fsp3) is 0.261. The van der Waals surface area contributed by atoms with Crippen LogP contribution in [0.1, 0.15) is 23.2 Å². The second-order valence-electron chi connectivity index (χ2n) is 7.42. The van der Waals surface area contributed by atoms with Gasteiger partial charge in [-0.3, -0.25) is 14.7 Å². The van der Waals surface area contributed by atoms with Gasteiger partial charge in [-0.1, -0.05) is 12.1 Å². The van der Waals surface area contributed by atoms with E-state index in [9.17, 15) is 14.0 Å². The van der Waals surface area contributed by atoms with Gasteiger partial charge in [0.15, 0.2) is 0 Å². The minimum atomic E-state index is -0.343. The van der Waals surface area contributed by atoms with Gasteiger partial charge in [-0.25, -0.2) is 4.39 Å². The lowest BCUT2D eigenvalue weighted by molar-refractivity contribution is -0.121. The molecule has 7 nitrogen and oxygen atoms in total. The molecule has 1 aliphatic rings. The molecule has 1 fully saturated rings. The maximum Gasteiger partial charge on any atom is 0.257 e. The summed E-state index contributed by atoms with van der Waals surface area (Å²) in [4.78, 5) is 27.5. The lowest BCUT2D eigenvalue weighted by atomic mass is 9.95. The second kappa shape index (κ2) is 8.99. The van der Waals surface area contributed by atoms with Crippen molar-refractivity contribution in [2.24, 2.45) is 5.92 Å². The van der Waals surface area contributed by atoms with Gasteiger partial charge in [-0.05, 0) is 49.2 Å². The first-order valence-electron chi connectivity index (χ1n) is 10.1. The van der Waals surface area contributed by atoms with Gasteiger partial charge >= 0.3 is 0 Å². The number of rotatable bonds is 5. The number of ether oxygens (including phenoxy) is 1. The van der Waals surface area contributed by atoms with E-state index in [-0.39, 0.29) is 23.5 Å². The van der Waals surface area contributed by atoms with Gasteiger partial charge < -0.3 is 15.0 Å². The Bertz CT molecular complexity index is 1070. The number of anilines is 1. The van der Waals surface area contributed by atoms with Crippen molar-refractivity contribution in [1.82, 2.24) is 15.1 Å². The molecule has 2 aromatic carbocycles. The molecule has 3 aromatic rings. The number of methoxy groups -OCH3 is 1. The average Bonchev–Trinajstić information content (AvgIpc) is 3.29. The van der Waals surface area contributed by atoms with Crippen LogP contribution in [0, 0.1) is 11.7 Å². The molecule has 2 heterocycles. The molecule has 31 heavy (non-hydrogen) atoms. The van der Waals surface area contributed by atoms with Crippen LogP contribution in [0.4, 0.5) is 10.1 Å². The van der Waals surface area contributed by atoms with Crippen molar-refractivity contribution in [2.75, 3.05) is 25.5 Å². The Kier molecular flexibility index (Phi) is 5.97. The smallest absolute Gasteiger partial charge is 0.257 e. The van der Waals surface area contributed by atoms with E-state index in [2.05, 4.69) is 15.5 Å². The predicted molar refractivity (Wildman–Crippen MR) is 114 cm³/mol. The SMILES string of the molecule is COc1ccccc1NC(=O)C1CCN(C(=O)c2cn[nH]c2-c2ccc(F)cc2)CC1. The number of benzene rings is 2. The molecule has 0 atom stereocenters. The zero-order valence-electron chi connectivity index (χ0n) is 17.1. The molecule has 1 saturated heterocycles. The first kappa shape index (κ1) is 20.6. The zero-order chi connectivity index (χ0) is 21.8. The number of aromatic amines is 1. The lowest BCUT2D eigenvalue weighted by Crippen LogP contribution is -2.41. The van der Waals surface area contributed by atoms with Crippen molar-refractivity contribution >= 4 is 17.5 Å². The Hall–Kier alpha value is -3.68. The van der Waals surface area contributed by atoms with Crippen LogP contribution < -0.4 is 10.1 Å². The van der Waals surface area contributed by atoms with E-state index < -0.39 is 0 Å². The summed E-state index contributed by atoms with van der Waals surface area (Å²) in [6, 6.07) is 13.2. The van der Waals surface area contributed by atoms with Crippen LogP contribution in [-0.4, -0.2) is 47.1 Å². The number of halogens is 1. The van der Waals surface area contributed by atoms with Gasteiger partial charge in [0, 0.05) is 24.6 Å². The summed E-state index contributed by atoms with van der Waals surface area (Å²) in [6.07, 6.45) is 2.62. The highest BCUT2D eigenvalue weighted by Crippen LogP contribution is 2.27. The Morgan fingerprint density at radius 2 is 1.84 bits per heavy atom. The monoisotopic (exact) mass is 422 g/mol. The number of nitrogens with zero attached hydrogens (tertiary/aromatic N) is 2. The molecule has 0 radical (unpaired) electrons. The maximum absolute atomic E-state index is 13.2. The highest BCUT2D eigenvalue weighted by Gasteiger charge is 2.29. The third-order valence-corrected chi connectivity index (χ3v) is 5.52. The summed E-state index contributed by atoms with van der Waals surface area (Å²) in [5, 5.41) is 9.76. The molecule has 0 bridgehead atoms. The molecule has 0 unspecified atom stereocenters. The number of nitrogens with one attached hydrogen (secondary N) is 2. The number of H-pyrrole nitrogens is 1. The molecule has 0 saturated carbocycles. The predicted octanol–water partition coefficient (Wildman–Crippen LogP) is 3.72. The number of likely N-dealkylation sites (tertiary alicyclic amines) is 1. The largest absolute Gasteiger partial charge is 0.495 e. The van der Waals surface area contributed by atoms with Crippen LogP contribution in [0.2, 0.25) is 0 Å². The Labute approximate surface area is 179 Å². The summed E-state index contributed by atoms with van der Waals surface area (Å²) >= 11 is 0. The molecule has 2 N–H and O–H groups in total. The number of amides is 2. The molecule has 0 spiro atoms. The van der Waals surface area contributed by atoms with Crippen LogP contribution in [0.3, 0.4) is 0 Å². The van der Waals surface area contributed by atoms with Gasteiger partial charge in [0.05, 0.1) is 30.3 Å². The van der Waals surface area contributed by atoms with E-state index in [0.29, 0.717) is 54.2 Å². The number of carbonyl (C=O) groups excluding carboxylic acids is 2. The van der Waals surface area contributed by atoms with Crippen LogP contribution in [0.25, 0.3) is 11.3 Å². The van der Waals surface area contributed by atoms with E-state index >= 15 is 0 Å². The standard InChI is InChI=1S/C23H23FN4O3/c1-31-20-5-3-2-4-19(20)26-22(29)16-10-12-28(13-11-16)23(30)18-14-25-27-21(18)15-6-8-17(24)9-7-15/h2-9,14,16H,10-13H2,1H3,(H,25,27)(H,26,29). The van der Waals surface area contributed by atoms with Crippen LogP contribution in [0.15, 0.2) is 54.7 Å². The summed E-state index contributed by atoms with van der Waals surface area (Å²) in [6.45, 7) is 0.938. The molecule has 8 heteroatoms. The summed E-state index contributed by atoms with van der Waals surface area (Å²) in [5.41, 5.74) is 2.31. The van der Waals surface area contributed by atoms with Crippen molar-refractivity contribution in [2.45, 2.75) is 12.8 Å². The van der Waals surface area contributed by atoms with Gasteiger partial charge in [-0.15, -0.1) is 0 Å². The highest BCUT2D eigenvalue weighted by molar-refractivity contribution is 6.00. The van der Waals surface area contributed by atoms with E-state index in [0.717, 1.165) is 0 Å². The molecule has 2 amide bonds. The molecular formula is C23H23FN4O3. The summed E-state index contributed by atoms with van der Waals surface area (Å²) in [5.74, 6) is -0.153. The second-order valence-corrected chi connectivity index (χ2v) is 7.42. The number of carbonyl (C=O) groups is 2. The third-order valence-electron chi connectivity index (χ3n) is 5.52. The first-order chi connectivity index (χ1) is 15.1. The minimum absolute atomic E-state index is 0.0769. The maximum atomic E-state index is 13.2. The van der Waals surface area contributed by atoms with Crippen LogP contribution >= 0.6 is 0 Å². The fourth-order valence-corrected chi connectivity index (χ4v) is 3.78. The molecule has 4 rings (SSSR count). The van der Waals surface area contributed by atoms with Crippen LogP contribution in [-0.2, 0) is 4.79 Å². The number of para-hydroxylation sites is 2. The van der Waals surface area contributed by atoms with Crippen molar-refractivity contribution < 1.29 is 18.7 Å². The summed E-state index contributed by atoms with van der Waals surface area (Å²) in [7, 11) is 1.56. The van der Waals surface area contributed by atoms with E-state index in [1.807, 2.05) is 12.1 Å². The minimum Gasteiger partial charge on any atom is -0.495 e. The summed E-state index contributed by atoms with van der Waals surface area (Å²) < 4.78 is 18.5. The highest BCUT2D eigenvalue weighted by atomic mass is 19.1. The topological polar surface area (TPSA) is 87.3 Å². The van der Waals surface area contributed by atoms with Crippen molar-refractivity contribution in [1.29, 1.82) is 0 Å². The number of hydrogen-bond donors (Lipinski definition) is 2. The molecule has 1 aliphatic heterocycles. The van der Waals surface area contributed by atoms with E-state index in [1.54, 1.807) is 36.3 Å². The average molecular weight is 422 g/mol. The van der Waals surface area contributed by atoms with Gasteiger partial charge in [0.25, 0.3) is 5.91 Å². The first-order valence-corrected chi connectivity index (χ1v) is 10.1. The number of aromatic nitrogens is 2. The normalized spacial score (nSPS) is 14.3. The Morgan fingerprint density at radius 3 is 2.55 bits per heavy atom. The zero-order valence-corrected chi connectivity index (χ0v) is 17.1. The molecule has 160 valence electrons.